The number of aromatic nitrogens is 1. The van der Waals surface area contributed by atoms with E-state index in [0.717, 1.165) is 5.56 Å². The summed E-state index contributed by atoms with van der Waals surface area (Å²) in [6.45, 7) is 10.6. The van der Waals surface area contributed by atoms with Crippen LogP contribution in [0.3, 0.4) is 0 Å². The molecule has 0 unspecified atom stereocenters. The van der Waals surface area contributed by atoms with Crippen LogP contribution in [0.4, 0.5) is 5.82 Å². The Morgan fingerprint density at radius 1 is 1.07 bits per heavy atom. The van der Waals surface area contributed by atoms with Gasteiger partial charge in [-0.2, -0.15) is 0 Å². The van der Waals surface area contributed by atoms with Crippen LogP contribution < -0.4 is 4.72 Å². The third kappa shape index (κ3) is 5.07. The molecule has 2 aromatic rings. The first-order chi connectivity index (χ1) is 12.7. The lowest BCUT2D eigenvalue weighted by molar-refractivity contribution is -0.130. The van der Waals surface area contributed by atoms with Gasteiger partial charge in [0, 0.05) is 13.1 Å². The number of pyridine rings is 1. The number of aryl methyl sites for hydroxylation is 3. The summed E-state index contributed by atoms with van der Waals surface area (Å²) in [5.74, 6) is 0.178. The van der Waals surface area contributed by atoms with Crippen molar-refractivity contribution in [1.29, 1.82) is 0 Å². The highest BCUT2D eigenvalue weighted by molar-refractivity contribution is 7.92. The summed E-state index contributed by atoms with van der Waals surface area (Å²) < 4.78 is 28.3. The van der Waals surface area contributed by atoms with Crippen molar-refractivity contribution in [3.05, 3.63) is 52.7 Å². The summed E-state index contributed by atoms with van der Waals surface area (Å²) in [5, 5.41) is 0. The van der Waals surface area contributed by atoms with E-state index in [-0.39, 0.29) is 23.0 Å². The molecule has 0 atom stereocenters. The fourth-order valence-electron chi connectivity index (χ4n) is 3.26. The van der Waals surface area contributed by atoms with Crippen molar-refractivity contribution < 1.29 is 13.2 Å². The molecule has 0 saturated carbocycles. The smallest absolute Gasteiger partial charge is 0.263 e. The van der Waals surface area contributed by atoms with E-state index in [1.807, 2.05) is 32.9 Å². The monoisotopic (exact) mass is 389 g/mol. The number of amides is 1. The lowest BCUT2D eigenvalue weighted by Gasteiger charge is -2.18. The van der Waals surface area contributed by atoms with E-state index in [1.54, 1.807) is 36.9 Å². The summed E-state index contributed by atoms with van der Waals surface area (Å²) in [5.41, 5.74) is 2.92. The predicted octanol–water partition coefficient (Wildman–Crippen LogP) is 3.22. The minimum atomic E-state index is -3.77. The molecule has 0 aliphatic rings. The Kier molecular flexibility index (Phi) is 6.59. The van der Waals surface area contributed by atoms with Crippen LogP contribution in [-0.4, -0.2) is 37.3 Å². The average Bonchev–Trinajstić information content (AvgIpc) is 2.54. The van der Waals surface area contributed by atoms with E-state index < -0.39 is 10.0 Å². The van der Waals surface area contributed by atoms with E-state index >= 15 is 0 Å². The fraction of sp³-hybridized carbons (Fsp3) is 0.400. The zero-order chi connectivity index (χ0) is 20.2. The SMILES string of the molecule is CCN(CC)C(=O)Cc1cccc(NS(=O)(=O)c2c(C)cc(C)cc2C)n1. The molecule has 1 amide bonds. The van der Waals surface area contributed by atoms with Crippen molar-refractivity contribution in [2.45, 2.75) is 45.9 Å². The lowest BCUT2D eigenvalue weighted by Crippen LogP contribution is -2.32. The molecule has 0 spiro atoms. The van der Waals surface area contributed by atoms with Gasteiger partial charge >= 0.3 is 0 Å². The summed E-state index contributed by atoms with van der Waals surface area (Å²) >= 11 is 0. The molecule has 2 rings (SSSR count). The first-order valence-corrected chi connectivity index (χ1v) is 10.5. The van der Waals surface area contributed by atoms with E-state index in [1.165, 1.54) is 0 Å². The Balaban J connectivity index is 2.27. The molecule has 27 heavy (non-hydrogen) atoms. The second kappa shape index (κ2) is 8.52. The zero-order valence-corrected chi connectivity index (χ0v) is 17.4. The minimum absolute atomic E-state index is 0.0299. The maximum Gasteiger partial charge on any atom is 0.263 e. The van der Waals surface area contributed by atoms with Gasteiger partial charge < -0.3 is 4.90 Å². The zero-order valence-electron chi connectivity index (χ0n) is 16.5. The molecule has 0 fully saturated rings. The van der Waals surface area contributed by atoms with Gasteiger partial charge in [-0.25, -0.2) is 13.4 Å². The van der Waals surface area contributed by atoms with Gasteiger partial charge in [0.15, 0.2) is 0 Å². The number of carbonyl (C=O) groups excluding carboxylic acids is 1. The molecule has 1 aromatic heterocycles. The first-order valence-electron chi connectivity index (χ1n) is 9.02. The number of sulfonamides is 1. The van der Waals surface area contributed by atoms with Gasteiger partial charge in [0.1, 0.15) is 5.82 Å². The molecule has 7 heteroatoms. The average molecular weight is 390 g/mol. The molecule has 6 nitrogen and oxygen atoms in total. The number of hydrogen-bond acceptors (Lipinski definition) is 4. The third-order valence-electron chi connectivity index (χ3n) is 4.37. The first kappa shape index (κ1) is 20.9. The minimum Gasteiger partial charge on any atom is -0.343 e. The largest absolute Gasteiger partial charge is 0.343 e. The van der Waals surface area contributed by atoms with Crippen LogP contribution in [-0.2, 0) is 21.2 Å². The van der Waals surface area contributed by atoms with Crippen LogP contribution in [0.2, 0.25) is 0 Å². The van der Waals surface area contributed by atoms with Gasteiger partial charge in [0.2, 0.25) is 5.91 Å². The molecule has 1 heterocycles. The van der Waals surface area contributed by atoms with Crippen LogP contribution in [0.25, 0.3) is 0 Å². The van der Waals surface area contributed by atoms with E-state index in [4.69, 9.17) is 0 Å². The number of benzene rings is 1. The standard InChI is InChI=1S/C20H27N3O3S/c1-6-23(7-2)19(24)13-17-9-8-10-18(21-17)22-27(25,26)20-15(4)11-14(3)12-16(20)5/h8-12H,6-7,13H2,1-5H3,(H,21,22). The van der Waals surface area contributed by atoms with Gasteiger partial charge in [-0.1, -0.05) is 23.8 Å². The maximum atomic E-state index is 12.9. The number of anilines is 1. The van der Waals surface area contributed by atoms with Crippen molar-refractivity contribution in [3.63, 3.8) is 0 Å². The van der Waals surface area contributed by atoms with Gasteiger partial charge in [-0.15, -0.1) is 0 Å². The normalized spacial score (nSPS) is 11.3. The summed E-state index contributed by atoms with van der Waals surface area (Å²) in [7, 11) is -3.77. The molecular formula is C20H27N3O3S. The highest BCUT2D eigenvalue weighted by Crippen LogP contribution is 2.24. The second-order valence-electron chi connectivity index (χ2n) is 6.59. The highest BCUT2D eigenvalue weighted by Gasteiger charge is 2.21. The Labute approximate surface area is 161 Å². The van der Waals surface area contributed by atoms with Gasteiger partial charge in [0.25, 0.3) is 10.0 Å². The summed E-state index contributed by atoms with van der Waals surface area (Å²) in [4.78, 5) is 18.6. The molecule has 1 aromatic carbocycles. The molecular weight excluding hydrogens is 362 g/mol. The topological polar surface area (TPSA) is 79.4 Å². The number of carbonyl (C=O) groups is 1. The third-order valence-corrected chi connectivity index (χ3v) is 6.03. The Bertz CT molecular complexity index is 912. The molecule has 0 aliphatic carbocycles. The Morgan fingerprint density at radius 2 is 1.67 bits per heavy atom. The Morgan fingerprint density at radius 3 is 2.22 bits per heavy atom. The number of nitrogens with one attached hydrogen (secondary N) is 1. The van der Waals surface area contributed by atoms with Gasteiger partial charge in [0.05, 0.1) is 17.0 Å². The van der Waals surface area contributed by atoms with Gasteiger partial charge in [-0.3, -0.25) is 9.52 Å². The lowest BCUT2D eigenvalue weighted by atomic mass is 10.1. The van der Waals surface area contributed by atoms with E-state index in [2.05, 4.69) is 9.71 Å². The summed E-state index contributed by atoms with van der Waals surface area (Å²) in [6, 6.07) is 8.69. The molecule has 146 valence electrons. The number of hydrogen-bond donors (Lipinski definition) is 1. The quantitative estimate of drug-likeness (QED) is 0.788. The number of likely N-dealkylation sites (N-methyl/N-ethyl adjacent to an activating group) is 1. The van der Waals surface area contributed by atoms with Crippen molar-refractivity contribution in [2.75, 3.05) is 17.8 Å². The molecule has 0 aliphatic heterocycles. The highest BCUT2D eigenvalue weighted by atomic mass is 32.2. The van der Waals surface area contributed by atoms with Crippen LogP contribution in [0, 0.1) is 20.8 Å². The van der Waals surface area contributed by atoms with Crippen LogP contribution in [0.1, 0.15) is 36.2 Å². The van der Waals surface area contributed by atoms with Crippen molar-refractivity contribution in [2.24, 2.45) is 0 Å². The van der Waals surface area contributed by atoms with E-state index in [0.29, 0.717) is 29.9 Å². The summed E-state index contributed by atoms with van der Waals surface area (Å²) in [6.07, 6.45) is 0.139. The number of nitrogens with zero attached hydrogens (tertiary/aromatic N) is 2. The van der Waals surface area contributed by atoms with Crippen molar-refractivity contribution >= 4 is 21.7 Å². The molecule has 0 radical (unpaired) electrons. The van der Waals surface area contributed by atoms with E-state index in [9.17, 15) is 13.2 Å². The fourth-order valence-corrected chi connectivity index (χ4v) is 4.71. The molecule has 1 N–H and O–H groups in total. The van der Waals surface area contributed by atoms with Crippen molar-refractivity contribution in [1.82, 2.24) is 9.88 Å². The maximum absolute atomic E-state index is 12.9. The van der Waals surface area contributed by atoms with Crippen LogP contribution in [0.5, 0.6) is 0 Å². The molecule has 0 bridgehead atoms. The molecule has 0 saturated heterocycles. The van der Waals surface area contributed by atoms with Crippen LogP contribution in [0.15, 0.2) is 35.2 Å². The Hall–Kier alpha value is -2.41. The number of rotatable bonds is 7. The second-order valence-corrected chi connectivity index (χ2v) is 8.21. The van der Waals surface area contributed by atoms with Crippen molar-refractivity contribution in [3.8, 4) is 0 Å². The predicted molar refractivity (Wildman–Crippen MR) is 107 cm³/mol. The van der Waals surface area contributed by atoms with Gasteiger partial charge in [-0.05, 0) is 57.9 Å². The van der Waals surface area contributed by atoms with Crippen LogP contribution >= 0.6 is 0 Å².